The maximum Gasteiger partial charge on any atom is 0.00387 e. The zero-order valence-electron chi connectivity index (χ0n) is 6.26. The minimum atomic E-state index is -1.78. The molecule has 0 amide bonds. The van der Waals surface area contributed by atoms with Crippen LogP contribution in [0, 0.1) is 0 Å². The lowest BCUT2D eigenvalue weighted by molar-refractivity contribution is 0.677. The van der Waals surface area contributed by atoms with Crippen molar-refractivity contribution in [3.05, 3.63) is 0 Å². The topological polar surface area (TPSA) is 17.1 Å². The van der Waals surface area contributed by atoms with Gasteiger partial charge < -0.3 is 0 Å². The van der Waals surface area contributed by atoms with Crippen LogP contribution in [0.2, 0.25) is 0 Å². The SMILES string of the molecule is CCCCC[SH](C)(=O)P. The summed E-state index contributed by atoms with van der Waals surface area (Å²) < 4.78 is 11.1. The standard InChI is InChI=1S/C6H17OPS/c1-3-4-5-6-9(2,7)8/h9H,3-6,8H2,1-2H3. The third-order valence-corrected chi connectivity index (χ3v) is 3.18. The monoisotopic (exact) mass is 168 g/mol. The van der Waals surface area contributed by atoms with E-state index >= 15 is 0 Å². The number of hydrogen-bond donors (Lipinski definition) is 1. The Bertz CT molecular complexity index is 108. The largest absolute Gasteiger partial charge is 0.282 e. The molecule has 0 bridgehead atoms. The van der Waals surface area contributed by atoms with Crippen LogP contribution in [-0.2, 0) is 9.55 Å². The second-order valence-electron chi connectivity index (χ2n) is 2.60. The lowest BCUT2D eigenvalue weighted by atomic mass is 10.3. The van der Waals surface area contributed by atoms with Crippen LogP contribution in [0.25, 0.3) is 0 Å². The van der Waals surface area contributed by atoms with Crippen molar-refractivity contribution in [1.29, 1.82) is 0 Å². The molecular weight excluding hydrogens is 151 g/mol. The summed E-state index contributed by atoms with van der Waals surface area (Å²) >= 11 is 0. The van der Waals surface area contributed by atoms with Crippen molar-refractivity contribution in [3.8, 4) is 0 Å². The Morgan fingerprint density at radius 1 is 1.44 bits per heavy atom. The molecule has 58 valence electrons. The highest BCUT2D eigenvalue weighted by atomic mass is 32.8. The number of rotatable bonds is 4. The fraction of sp³-hybridized carbons (Fsp3) is 1.00. The fourth-order valence-corrected chi connectivity index (χ4v) is 2.07. The van der Waals surface area contributed by atoms with Crippen LogP contribution in [0.1, 0.15) is 26.2 Å². The van der Waals surface area contributed by atoms with E-state index in [0.29, 0.717) is 0 Å². The predicted molar refractivity (Wildman–Crippen MR) is 49.6 cm³/mol. The third kappa shape index (κ3) is 8.58. The summed E-state index contributed by atoms with van der Waals surface area (Å²) in [6.07, 6.45) is 5.37. The Morgan fingerprint density at radius 3 is 2.33 bits per heavy atom. The molecule has 9 heavy (non-hydrogen) atoms. The Morgan fingerprint density at radius 2 is 2.00 bits per heavy atom. The van der Waals surface area contributed by atoms with E-state index in [4.69, 9.17) is 0 Å². The summed E-state index contributed by atoms with van der Waals surface area (Å²) in [5.74, 6) is 0.894. The molecule has 0 aliphatic rings. The van der Waals surface area contributed by atoms with Gasteiger partial charge >= 0.3 is 0 Å². The lowest BCUT2D eigenvalue weighted by Crippen LogP contribution is -2.03. The van der Waals surface area contributed by atoms with Gasteiger partial charge in [-0.1, -0.05) is 37.8 Å². The molecule has 0 aromatic rings. The van der Waals surface area contributed by atoms with Gasteiger partial charge in [0.05, 0.1) is 0 Å². The lowest BCUT2D eigenvalue weighted by Gasteiger charge is -2.09. The molecule has 0 rings (SSSR count). The third-order valence-electron chi connectivity index (χ3n) is 1.21. The fourth-order valence-electron chi connectivity index (χ4n) is 0.676. The molecule has 0 fully saturated rings. The van der Waals surface area contributed by atoms with Gasteiger partial charge in [-0.15, -0.1) is 0 Å². The van der Waals surface area contributed by atoms with Crippen LogP contribution < -0.4 is 0 Å². The molecule has 0 aliphatic heterocycles. The van der Waals surface area contributed by atoms with Gasteiger partial charge in [0.2, 0.25) is 0 Å². The number of hydrogen-bond acceptors (Lipinski definition) is 1. The van der Waals surface area contributed by atoms with Gasteiger partial charge in [0.1, 0.15) is 0 Å². The van der Waals surface area contributed by atoms with E-state index in [-0.39, 0.29) is 0 Å². The molecule has 0 aromatic heterocycles. The van der Waals surface area contributed by atoms with Gasteiger partial charge in [0, 0.05) is 5.75 Å². The van der Waals surface area contributed by atoms with Gasteiger partial charge in [-0.05, 0) is 12.7 Å². The van der Waals surface area contributed by atoms with Crippen molar-refractivity contribution in [2.75, 3.05) is 12.0 Å². The molecule has 3 heteroatoms. The molecule has 0 aromatic carbocycles. The first-order chi connectivity index (χ1) is 4.06. The van der Waals surface area contributed by atoms with E-state index in [2.05, 4.69) is 15.4 Å². The quantitative estimate of drug-likeness (QED) is 0.383. The number of thiol groups is 1. The molecule has 0 radical (unpaired) electrons. The van der Waals surface area contributed by atoms with Gasteiger partial charge in [-0.25, -0.2) is 0 Å². The summed E-state index contributed by atoms with van der Waals surface area (Å²) in [4.78, 5) is 0. The highest BCUT2D eigenvalue weighted by Crippen LogP contribution is 2.12. The molecule has 0 aliphatic carbocycles. The highest BCUT2D eigenvalue weighted by Gasteiger charge is 1.97. The maximum absolute atomic E-state index is 11.1. The second-order valence-corrected chi connectivity index (χ2v) is 8.68. The Balaban J connectivity index is 3.18. The van der Waals surface area contributed by atoms with Crippen LogP contribution in [0.15, 0.2) is 0 Å². The molecule has 1 atom stereocenters. The minimum absolute atomic E-state index is 0.894. The molecule has 0 N–H and O–H groups in total. The molecule has 0 saturated heterocycles. The van der Waals surface area contributed by atoms with Crippen LogP contribution in [-0.4, -0.2) is 16.2 Å². The van der Waals surface area contributed by atoms with Crippen LogP contribution in [0.3, 0.4) is 0 Å². The highest BCUT2D eigenvalue weighted by molar-refractivity contribution is 8.44. The predicted octanol–water partition coefficient (Wildman–Crippen LogP) is 1.61. The molecule has 0 spiro atoms. The van der Waals surface area contributed by atoms with E-state index in [1.54, 1.807) is 0 Å². The van der Waals surface area contributed by atoms with Crippen LogP contribution in [0.5, 0.6) is 0 Å². The van der Waals surface area contributed by atoms with E-state index in [9.17, 15) is 4.21 Å². The maximum atomic E-state index is 11.1. The molecule has 1 unspecified atom stereocenters. The van der Waals surface area contributed by atoms with E-state index in [1.807, 2.05) is 6.26 Å². The minimum Gasteiger partial charge on any atom is -0.282 e. The Labute approximate surface area is 61.0 Å². The normalized spacial score (nSPS) is 13.7. The van der Waals surface area contributed by atoms with Gasteiger partial charge in [-0.2, -0.15) is 0 Å². The first-order valence-corrected chi connectivity index (χ1v) is 7.37. The van der Waals surface area contributed by atoms with Crippen molar-refractivity contribution >= 4 is 18.0 Å². The van der Waals surface area contributed by atoms with Crippen molar-refractivity contribution in [2.24, 2.45) is 0 Å². The first kappa shape index (κ1) is 9.58. The van der Waals surface area contributed by atoms with Gasteiger partial charge in [-0.3, -0.25) is 4.21 Å². The van der Waals surface area contributed by atoms with Gasteiger partial charge in [0.25, 0.3) is 0 Å². The van der Waals surface area contributed by atoms with Crippen molar-refractivity contribution < 1.29 is 4.21 Å². The Hall–Kier alpha value is 0.580. The van der Waals surface area contributed by atoms with Crippen molar-refractivity contribution in [2.45, 2.75) is 26.2 Å². The Kier molecular flexibility index (Phi) is 4.69. The average molecular weight is 168 g/mol. The summed E-state index contributed by atoms with van der Waals surface area (Å²) in [6, 6.07) is 0. The summed E-state index contributed by atoms with van der Waals surface area (Å²) in [5.41, 5.74) is 0. The average Bonchev–Trinajstić information content (AvgIpc) is 1.63. The summed E-state index contributed by atoms with van der Waals surface area (Å²) in [6.45, 7) is 2.16. The van der Waals surface area contributed by atoms with Crippen molar-refractivity contribution in [1.82, 2.24) is 0 Å². The molecule has 0 saturated carbocycles. The van der Waals surface area contributed by atoms with Crippen molar-refractivity contribution in [3.63, 3.8) is 0 Å². The number of unbranched alkanes of at least 4 members (excludes halogenated alkanes) is 2. The zero-order valence-corrected chi connectivity index (χ0v) is 8.31. The van der Waals surface area contributed by atoms with Crippen LogP contribution in [0.4, 0.5) is 0 Å². The van der Waals surface area contributed by atoms with Gasteiger partial charge in [0.15, 0.2) is 0 Å². The summed E-state index contributed by atoms with van der Waals surface area (Å²) in [7, 11) is 0.663. The van der Waals surface area contributed by atoms with Crippen LogP contribution >= 0.6 is 8.44 Å². The molecular formula is C6H17OPS. The smallest absolute Gasteiger partial charge is 0.00387 e. The summed E-state index contributed by atoms with van der Waals surface area (Å²) in [5, 5.41) is 0. The molecule has 0 heterocycles. The second kappa shape index (κ2) is 4.40. The van der Waals surface area contributed by atoms with E-state index < -0.39 is 9.55 Å². The molecule has 1 nitrogen and oxygen atoms in total. The van der Waals surface area contributed by atoms with E-state index in [0.717, 1.165) is 12.2 Å². The zero-order chi connectivity index (χ0) is 7.33. The first-order valence-electron chi connectivity index (χ1n) is 3.41. The van der Waals surface area contributed by atoms with E-state index in [1.165, 1.54) is 12.8 Å².